The van der Waals surface area contributed by atoms with Crippen LogP contribution >= 0.6 is 0 Å². The molecule has 0 amide bonds. The Bertz CT molecular complexity index is 282. The topological polar surface area (TPSA) is 48.4 Å². The molecule has 0 aliphatic heterocycles. The molecule has 1 rings (SSSR count). The first-order chi connectivity index (χ1) is 5.95. The van der Waals surface area contributed by atoms with Gasteiger partial charge in [-0.05, 0) is 0 Å². The van der Waals surface area contributed by atoms with Gasteiger partial charge >= 0.3 is 6.18 Å². The first-order valence-corrected chi connectivity index (χ1v) is 3.40. The zero-order valence-electron chi connectivity index (χ0n) is 6.76. The first kappa shape index (κ1) is 9.91. The molecule has 0 fully saturated rings. The van der Waals surface area contributed by atoms with Crippen LogP contribution in [0.1, 0.15) is 11.8 Å². The third kappa shape index (κ3) is 2.15. The second-order valence-electron chi connectivity index (χ2n) is 2.41. The monoisotopic (exact) mass is 195 g/mol. The fourth-order valence-electron chi connectivity index (χ4n) is 0.766. The molecule has 1 aromatic heterocycles. The molecule has 0 spiro atoms. The fraction of sp³-hybridized carbons (Fsp3) is 0.429. The van der Waals surface area contributed by atoms with Crippen LogP contribution in [-0.2, 0) is 0 Å². The van der Waals surface area contributed by atoms with Gasteiger partial charge in [-0.3, -0.25) is 0 Å². The van der Waals surface area contributed by atoms with Crippen molar-refractivity contribution in [3.63, 3.8) is 0 Å². The van der Waals surface area contributed by atoms with Crippen molar-refractivity contribution in [3.05, 3.63) is 18.1 Å². The van der Waals surface area contributed by atoms with E-state index in [0.717, 1.165) is 12.3 Å². The molecule has 0 unspecified atom stereocenters. The van der Waals surface area contributed by atoms with E-state index >= 15 is 0 Å². The minimum absolute atomic E-state index is 0.217. The van der Waals surface area contributed by atoms with Gasteiger partial charge in [-0.1, -0.05) is 0 Å². The summed E-state index contributed by atoms with van der Waals surface area (Å²) in [6.07, 6.45) is -3.43. The van der Waals surface area contributed by atoms with Gasteiger partial charge in [0.15, 0.2) is 11.8 Å². The predicted molar refractivity (Wildman–Crippen MR) is 38.2 cm³/mol. The van der Waals surface area contributed by atoms with Crippen LogP contribution in [0.15, 0.2) is 16.7 Å². The van der Waals surface area contributed by atoms with Crippen molar-refractivity contribution in [1.82, 2.24) is 0 Å². The van der Waals surface area contributed by atoms with Gasteiger partial charge in [-0.15, -0.1) is 0 Å². The van der Waals surface area contributed by atoms with E-state index in [2.05, 4.69) is 9.15 Å². The molecule has 0 bridgehead atoms. The van der Waals surface area contributed by atoms with Crippen molar-refractivity contribution in [3.8, 4) is 5.75 Å². The van der Waals surface area contributed by atoms with E-state index in [1.807, 2.05) is 0 Å². The molecule has 6 heteroatoms. The third-order valence-electron chi connectivity index (χ3n) is 1.49. The summed E-state index contributed by atoms with van der Waals surface area (Å²) in [4.78, 5) is 0. The van der Waals surface area contributed by atoms with Gasteiger partial charge in [-0.2, -0.15) is 13.2 Å². The lowest BCUT2D eigenvalue weighted by molar-refractivity contribution is -0.152. The van der Waals surface area contributed by atoms with Crippen LogP contribution in [0.4, 0.5) is 13.2 Å². The lowest BCUT2D eigenvalue weighted by Crippen LogP contribution is -2.27. The summed E-state index contributed by atoms with van der Waals surface area (Å²) in [5.41, 5.74) is 4.87. The van der Waals surface area contributed by atoms with Crippen molar-refractivity contribution in [1.29, 1.82) is 0 Å². The maximum Gasteiger partial charge on any atom is 0.410 e. The van der Waals surface area contributed by atoms with Crippen molar-refractivity contribution in [2.45, 2.75) is 12.2 Å². The Morgan fingerprint density at radius 3 is 2.54 bits per heavy atom. The highest BCUT2D eigenvalue weighted by Crippen LogP contribution is 2.32. The van der Waals surface area contributed by atoms with E-state index in [9.17, 15) is 13.2 Å². The Morgan fingerprint density at radius 2 is 2.15 bits per heavy atom. The summed E-state index contributed by atoms with van der Waals surface area (Å²) < 4.78 is 45.3. The highest BCUT2D eigenvalue weighted by Gasteiger charge is 2.40. The summed E-state index contributed by atoms with van der Waals surface area (Å²) in [7, 11) is 1.33. The molecule has 1 atom stereocenters. The van der Waals surface area contributed by atoms with Crippen molar-refractivity contribution >= 4 is 0 Å². The minimum atomic E-state index is -4.50. The molecule has 0 saturated heterocycles. The number of hydrogen-bond acceptors (Lipinski definition) is 3. The average Bonchev–Trinajstić information content (AvgIpc) is 2.48. The van der Waals surface area contributed by atoms with Crippen LogP contribution < -0.4 is 10.5 Å². The lowest BCUT2D eigenvalue weighted by atomic mass is 10.2. The summed E-state index contributed by atoms with van der Waals surface area (Å²) in [6.45, 7) is 0. The molecule has 1 aromatic rings. The Morgan fingerprint density at radius 1 is 1.54 bits per heavy atom. The van der Waals surface area contributed by atoms with E-state index in [4.69, 9.17) is 5.73 Å². The molecule has 2 N–H and O–H groups in total. The highest BCUT2D eigenvalue weighted by atomic mass is 19.4. The van der Waals surface area contributed by atoms with Crippen molar-refractivity contribution in [2.75, 3.05) is 7.11 Å². The van der Waals surface area contributed by atoms with Gasteiger partial charge in [0, 0.05) is 6.07 Å². The lowest BCUT2D eigenvalue weighted by Gasteiger charge is -2.11. The van der Waals surface area contributed by atoms with E-state index in [1.54, 1.807) is 0 Å². The number of halogens is 3. The predicted octanol–water partition coefficient (Wildman–Crippen LogP) is 1.85. The largest absolute Gasteiger partial charge is 0.493 e. The quantitative estimate of drug-likeness (QED) is 0.783. The molecule has 74 valence electrons. The summed E-state index contributed by atoms with van der Waals surface area (Å²) in [5, 5.41) is 0. The normalized spacial score (nSPS) is 14.2. The van der Waals surface area contributed by atoms with Crippen LogP contribution in [0.5, 0.6) is 5.75 Å². The van der Waals surface area contributed by atoms with Crippen LogP contribution in [0, 0.1) is 0 Å². The van der Waals surface area contributed by atoms with Gasteiger partial charge in [-0.25, -0.2) is 0 Å². The molecule has 0 saturated carbocycles. The third-order valence-corrected chi connectivity index (χ3v) is 1.49. The Balaban J connectivity index is 2.83. The standard InChI is InChI=1S/C7H8F3NO2/c1-12-4-2-5(13-3-4)6(11)7(8,9)10/h2-3,6H,11H2,1H3/t6-/m1/s1. The van der Waals surface area contributed by atoms with Gasteiger partial charge < -0.3 is 14.9 Å². The fourth-order valence-corrected chi connectivity index (χ4v) is 0.766. The zero-order chi connectivity index (χ0) is 10.1. The maximum absolute atomic E-state index is 12.0. The summed E-state index contributed by atoms with van der Waals surface area (Å²) in [5.74, 6) is -0.140. The molecule has 0 aromatic carbocycles. The maximum atomic E-state index is 12.0. The van der Waals surface area contributed by atoms with Gasteiger partial charge in [0.25, 0.3) is 0 Å². The molecule has 0 aliphatic carbocycles. The second kappa shape index (κ2) is 3.29. The van der Waals surface area contributed by atoms with Crippen LogP contribution in [-0.4, -0.2) is 13.3 Å². The SMILES string of the molecule is COc1coc([C@@H](N)C(F)(F)F)c1. The Kier molecular flexibility index (Phi) is 2.51. The number of nitrogens with two attached hydrogens (primary N) is 1. The van der Waals surface area contributed by atoms with Gasteiger partial charge in [0.05, 0.1) is 7.11 Å². The van der Waals surface area contributed by atoms with Gasteiger partial charge in [0.2, 0.25) is 0 Å². The van der Waals surface area contributed by atoms with Crippen LogP contribution in [0.2, 0.25) is 0 Å². The average molecular weight is 195 g/mol. The molecular formula is C7H8F3NO2. The van der Waals surface area contributed by atoms with Crippen molar-refractivity contribution < 1.29 is 22.3 Å². The minimum Gasteiger partial charge on any atom is -0.493 e. The van der Waals surface area contributed by atoms with Crippen LogP contribution in [0.3, 0.4) is 0 Å². The van der Waals surface area contributed by atoms with Crippen LogP contribution in [0.25, 0.3) is 0 Å². The molecule has 3 nitrogen and oxygen atoms in total. The van der Waals surface area contributed by atoms with E-state index in [0.29, 0.717) is 0 Å². The Hall–Kier alpha value is -1.17. The second-order valence-corrected chi connectivity index (χ2v) is 2.41. The van der Waals surface area contributed by atoms with E-state index in [1.165, 1.54) is 7.11 Å². The highest BCUT2D eigenvalue weighted by molar-refractivity contribution is 5.21. The van der Waals surface area contributed by atoms with Crippen molar-refractivity contribution in [2.24, 2.45) is 5.73 Å². The zero-order valence-corrected chi connectivity index (χ0v) is 6.76. The van der Waals surface area contributed by atoms with E-state index in [-0.39, 0.29) is 11.5 Å². The Labute approximate surface area is 72.3 Å². The number of rotatable bonds is 2. The smallest absolute Gasteiger partial charge is 0.410 e. The number of hydrogen-bond donors (Lipinski definition) is 1. The molecule has 0 aliphatic rings. The summed E-state index contributed by atoms with van der Waals surface area (Å²) >= 11 is 0. The number of furan rings is 1. The summed E-state index contributed by atoms with van der Waals surface area (Å²) in [6, 6.07) is -0.991. The molecule has 1 heterocycles. The number of alkyl halides is 3. The number of ether oxygens (including phenoxy) is 1. The molecular weight excluding hydrogens is 187 g/mol. The molecule has 0 radical (unpaired) electrons. The molecule has 13 heavy (non-hydrogen) atoms. The number of methoxy groups -OCH3 is 1. The van der Waals surface area contributed by atoms with E-state index < -0.39 is 12.2 Å². The first-order valence-electron chi connectivity index (χ1n) is 3.40. The van der Waals surface area contributed by atoms with Gasteiger partial charge in [0.1, 0.15) is 12.0 Å².